The number of hydrogen-bond donors (Lipinski definition) is 18. The second-order valence-corrected chi connectivity index (χ2v) is 28.5. The molecule has 0 spiro atoms. The number of carbonyl (C=O) groups excluding carboxylic acids is 7. The smallest absolute Gasteiger partial charge is 0.222 e. The highest BCUT2D eigenvalue weighted by atomic mass is 16.7. The van der Waals surface area contributed by atoms with Gasteiger partial charge in [0.25, 0.3) is 0 Å². The molecule has 7 unspecified atom stereocenters. The second-order valence-electron chi connectivity index (χ2n) is 28.5. The van der Waals surface area contributed by atoms with E-state index in [-0.39, 0.29) is 178 Å². The molecule has 18 N–H and O–H groups in total. The highest BCUT2D eigenvalue weighted by Gasteiger charge is 2.46. The lowest BCUT2D eigenvalue weighted by Gasteiger charge is -2.39. The summed E-state index contributed by atoms with van der Waals surface area (Å²) in [4.78, 5) is 90.5. The number of ketones is 1. The van der Waals surface area contributed by atoms with Crippen LogP contribution in [-0.4, -0.2) is 306 Å². The van der Waals surface area contributed by atoms with Crippen molar-refractivity contribution in [1.29, 1.82) is 0 Å². The van der Waals surface area contributed by atoms with Gasteiger partial charge in [-0.3, -0.25) is 33.6 Å². The van der Waals surface area contributed by atoms with Crippen molar-refractivity contribution in [1.82, 2.24) is 31.9 Å². The van der Waals surface area contributed by atoms with E-state index in [2.05, 4.69) is 52.7 Å². The van der Waals surface area contributed by atoms with Gasteiger partial charge in [-0.25, -0.2) is 0 Å². The summed E-state index contributed by atoms with van der Waals surface area (Å²) < 4.78 is 51.0. The highest BCUT2D eigenvalue weighted by molar-refractivity contribution is 5.79. The summed E-state index contributed by atoms with van der Waals surface area (Å²) in [6.07, 6.45) is -6.00. The fourth-order valence-electron chi connectivity index (χ4n) is 11.6. The van der Waals surface area contributed by atoms with E-state index in [1.54, 1.807) is 0 Å². The normalized spacial score (nSPS) is 25.4. The third-order valence-electron chi connectivity index (χ3n) is 18.0. The van der Waals surface area contributed by atoms with Gasteiger partial charge >= 0.3 is 0 Å². The van der Waals surface area contributed by atoms with Crippen molar-refractivity contribution in [3.63, 3.8) is 0 Å². The van der Waals surface area contributed by atoms with Crippen molar-refractivity contribution in [2.75, 3.05) is 105 Å². The number of hydrogen-bond acceptors (Lipinski definition) is 28. The zero-order valence-electron chi connectivity index (χ0n) is 62.2. The Hall–Kier alpha value is -4.35. The molecule has 3 rings (SSSR count). The Morgan fingerprint density at radius 3 is 1.02 bits per heavy atom. The molecule has 3 fully saturated rings. The fraction of sp³-hybridized carbons (Fsp3) is 0.901. The van der Waals surface area contributed by atoms with Crippen LogP contribution in [0, 0.1) is 5.41 Å². The van der Waals surface area contributed by atoms with E-state index in [0.717, 1.165) is 32.1 Å². The maximum atomic E-state index is 13.9. The van der Waals surface area contributed by atoms with Gasteiger partial charge < -0.3 is 136 Å². The number of rotatable bonds is 60. The summed E-state index contributed by atoms with van der Waals surface area (Å²) in [5.41, 5.74) is -1.33. The predicted molar refractivity (Wildman–Crippen MR) is 376 cm³/mol. The Balaban J connectivity index is 1.52. The van der Waals surface area contributed by atoms with E-state index in [0.29, 0.717) is 82.6 Å². The number of nitrogens with one attached hydrogen (secondary N) is 6. The van der Waals surface area contributed by atoms with Crippen LogP contribution in [0.2, 0.25) is 0 Å². The quantitative estimate of drug-likeness (QED) is 0.0241. The zero-order chi connectivity index (χ0) is 77.4. The van der Waals surface area contributed by atoms with Gasteiger partial charge in [0.05, 0.1) is 52.9 Å². The zero-order valence-corrected chi connectivity index (χ0v) is 62.2. The van der Waals surface area contributed by atoms with E-state index in [1.165, 1.54) is 19.3 Å². The molecule has 612 valence electrons. The molecule has 0 bridgehead atoms. The van der Waals surface area contributed by atoms with Crippen LogP contribution in [0.15, 0.2) is 0 Å². The van der Waals surface area contributed by atoms with E-state index in [9.17, 15) is 94.8 Å². The number of unbranched alkanes of at least 4 members (excludes halogenated alkanes) is 11. The minimum Gasteiger partial charge on any atom is -0.394 e. The van der Waals surface area contributed by atoms with Crippen LogP contribution < -0.4 is 31.9 Å². The van der Waals surface area contributed by atoms with Gasteiger partial charge in [0.2, 0.25) is 35.4 Å². The lowest BCUT2D eigenvalue weighted by molar-refractivity contribution is -0.301. The van der Waals surface area contributed by atoms with Crippen LogP contribution in [-0.2, 0) is 76.2 Å². The average Bonchev–Trinajstić information content (AvgIpc) is 0.835. The maximum Gasteiger partial charge on any atom is 0.222 e. The van der Waals surface area contributed by atoms with Crippen molar-refractivity contribution < 1.29 is 137 Å². The molecule has 3 aliphatic rings. The Kier molecular flexibility index (Phi) is 49.8. The van der Waals surface area contributed by atoms with Gasteiger partial charge in [0.1, 0.15) is 79.0 Å². The van der Waals surface area contributed by atoms with Crippen molar-refractivity contribution >= 4 is 41.2 Å². The van der Waals surface area contributed by atoms with Gasteiger partial charge in [-0.2, -0.15) is 0 Å². The maximum absolute atomic E-state index is 13.9. The number of amides is 6. The molecule has 0 aliphatic carbocycles. The lowest BCUT2D eigenvalue weighted by Crippen LogP contribution is -2.59. The second kappa shape index (κ2) is 55.1. The van der Waals surface area contributed by atoms with Gasteiger partial charge in [0, 0.05) is 104 Å². The topological polar surface area (TPSA) is 518 Å². The number of aliphatic hydroxyl groups is 12. The van der Waals surface area contributed by atoms with E-state index >= 15 is 0 Å². The van der Waals surface area contributed by atoms with Crippen LogP contribution in [0.25, 0.3) is 0 Å². The largest absolute Gasteiger partial charge is 0.394 e. The van der Waals surface area contributed by atoms with Crippen molar-refractivity contribution in [2.24, 2.45) is 5.41 Å². The van der Waals surface area contributed by atoms with Gasteiger partial charge in [-0.15, -0.1) is 0 Å². The molecule has 3 heterocycles. The molecule has 0 aromatic carbocycles. The highest BCUT2D eigenvalue weighted by Crippen LogP contribution is 2.27. The van der Waals surface area contributed by atoms with E-state index < -0.39 is 118 Å². The molecule has 34 nitrogen and oxygen atoms in total. The molecule has 3 saturated heterocycles. The Bertz CT molecular complexity index is 2170. The van der Waals surface area contributed by atoms with E-state index in [4.69, 9.17) is 42.6 Å². The lowest BCUT2D eigenvalue weighted by atomic mass is 9.89. The van der Waals surface area contributed by atoms with Crippen molar-refractivity contribution in [2.45, 2.75) is 298 Å². The standard InChI is InChI=1S/C71H130N6O28/c1-70(2,3)31-15-9-7-5-4-6-8-10-27-57(87)77-71(46-97-41-29-55(85)72-32-16-11-23-48(81)24-12-17-37-99-67-64(94)61(91)58(88)49(43-78)103-67,47-98-42-30-56(86)76-36-22-34-74-53(83)26-14-19-39-101-69-66(96)63(93)60(90)51(45-80)105-69)102-40-20-28-54(84)75-35-21-33-73-52(82)25-13-18-38-100-68-65(95)62(92)59(89)50(44-79)104-68/h49-51,58-69,78-80,88-96H,4-47H2,1-3H3,(H,72,85)(H,73,82)(H,74,83)(H,75,84)(H,76,86)(H,77,87)/t49?,50?,51?,58-,59-,60-,61+,62?,63?,64?,65-,66-,67+,68+,69+,71?/m1/s1. The number of ether oxygens (including phenoxy) is 9. The fourth-order valence-corrected chi connectivity index (χ4v) is 11.6. The first-order valence-electron chi connectivity index (χ1n) is 38.0. The average molecular weight is 1520 g/mol. The molecular weight excluding hydrogens is 1380 g/mol. The third-order valence-corrected chi connectivity index (χ3v) is 18.0. The molecule has 0 aromatic heterocycles. The summed E-state index contributed by atoms with van der Waals surface area (Å²) in [5, 5.41) is 136. The summed E-state index contributed by atoms with van der Waals surface area (Å²) >= 11 is 0. The number of aliphatic hydroxyl groups excluding tert-OH is 12. The third kappa shape index (κ3) is 40.8. The Morgan fingerprint density at radius 2 is 0.638 bits per heavy atom. The van der Waals surface area contributed by atoms with Gasteiger partial charge in [0.15, 0.2) is 24.6 Å². The van der Waals surface area contributed by atoms with Crippen molar-refractivity contribution in [3.8, 4) is 0 Å². The summed E-state index contributed by atoms with van der Waals surface area (Å²) in [7, 11) is 0. The minimum atomic E-state index is -1.64. The van der Waals surface area contributed by atoms with Crippen LogP contribution in [0.1, 0.15) is 201 Å². The molecule has 6 amide bonds. The molecule has 0 aromatic rings. The SMILES string of the molecule is CC(C)(C)CCCCCCCCCCC(=O)NC(COCCC(=O)NCCCCC(=O)CCCCO[C@H]1OC(CO)[C@@H](O)[C@H](O)C1O)(COCCC(=O)NCCCNC(=O)CCCCO[C@H]1OC(CO)[C@@H](O)C(O)[C@H]1O)OCCCC(=O)NCCCNC(=O)CCCCO[C@H]1OC(CO)[C@@H](O)C(O)[C@H]1O. The number of Topliss-reactive ketones (excluding diaryl/α,β-unsaturated/α-hetero) is 1. The van der Waals surface area contributed by atoms with Crippen LogP contribution in [0.3, 0.4) is 0 Å². The molecular formula is C71H130N6O28. The predicted octanol–water partition coefficient (Wildman–Crippen LogP) is -1.58. The Labute approximate surface area is 617 Å². The first kappa shape index (κ1) is 94.9. The van der Waals surface area contributed by atoms with Crippen LogP contribution >= 0.6 is 0 Å². The minimum absolute atomic E-state index is 0.0152. The van der Waals surface area contributed by atoms with Gasteiger partial charge in [-0.05, 0) is 88.9 Å². The first-order chi connectivity index (χ1) is 50.2. The molecule has 0 saturated carbocycles. The van der Waals surface area contributed by atoms with Crippen LogP contribution in [0.5, 0.6) is 0 Å². The first-order valence-corrected chi connectivity index (χ1v) is 38.0. The molecule has 3 aliphatic heterocycles. The molecule has 0 radical (unpaired) electrons. The Morgan fingerprint density at radius 1 is 0.324 bits per heavy atom. The molecule has 34 heteroatoms. The van der Waals surface area contributed by atoms with E-state index in [1.807, 2.05) is 0 Å². The number of carbonyl (C=O) groups is 7. The summed E-state index contributed by atoms with van der Waals surface area (Å²) in [6.45, 7) is 5.73. The monoisotopic (exact) mass is 1510 g/mol. The van der Waals surface area contributed by atoms with Gasteiger partial charge in [-0.1, -0.05) is 65.7 Å². The summed E-state index contributed by atoms with van der Waals surface area (Å²) in [5.74, 6) is -1.77. The molecule has 105 heavy (non-hydrogen) atoms. The van der Waals surface area contributed by atoms with Crippen molar-refractivity contribution in [3.05, 3.63) is 0 Å². The summed E-state index contributed by atoms with van der Waals surface area (Å²) in [6, 6.07) is 0. The molecule has 16 atom stereocenters. The van der Waals surface area contributed by atoms with Crippen LogP contribution in [0.4, 0.5) is 0 Å².